The first-order valence-electron chi connectivity index (χ1n) is 7.92. The number of carbonyl (C=O) groups excluding carboxylic acids is 1. The molecule has 0 fully saturated rings. The van der Waals surface area contributed by atoms with Crippen molar-refractivity contribution < 1.29 is 4.79 Å². The molecule has 24 heavy (non-hydrogen) atoms. The van der Waals surface area contributed by atoms with Crippen LogP contribution in [0.2, 0.25) is 0 Å². The van der Waals surface area contributed by atoms with Crippen molar-refractivity contribution >= 4 is 23.0 Å². The second-order valence-corrected chi connectivity index (χ2v) is 5.41. The first kappa shape index (κ1) is 15.7. The number of amides is 1. The van der Waals surface area contributed by atoms with Crippen LogP contribution >= 0.6 is 0 Å². The van der Waals surface area contributed by atoms with Gasteiger partial charge in [-0.3, -0.25) is 9.78 Å². The zero-order valence-electron chi connectivity index (χ0n) is 13.5. The van der Waals surface area contributed by atoms with Gasteiger partial charge in [0.15, 0.2) is 0 Å². The van der Waals surface area contributed by atoms with E-state index in [1.54, 1.807) is 24.5 Å². The number of benzene rings is 2. The minimum Gasteiger partial charge on any atom is -0.355 e. The van der Waals surface area contributed by atoms with E-state index < -0.39 is 0 Å². The van der Waals surface area contributed by atoms with Gasteiger partial charge in [0.2, 0.25) is 0 Å². The van der Waals surface area contributed by atoms with Gasteiger partial charge >= 0.3 is 0 Å². The summed E-state index contributed by atoms with van der Waals surface area (Å²) in [5.41, 5.74) is 4.64. The van der Waals surface area contributed by atoms with Gasteiger partial charge in [0.1, 0.15) is 0 Å². The second-order valence-electron chi connectivity index (χ2n) is 5.41. The number of hydrogen-bond acceptors (Lipinski definition) is 3. The highest BCUT2D eigenvalue weighted by molar-refractivity contribution is 6.04. The Labute approximate surface area is 141 Å². The second kappa shape index (κ2) is 7.42. The Morgan fingerprint density at radius 3 is 2.42 bits per heavy atom. The molecule has 0 radical (unpaired) electrons. The largest absolute Gasteiger partial charge is 0.355 e. The molecule has 0 bridgehead atoms. The van der Waals surface area contributed by atoms with Crippen LogP contribution in [-0.2, 0) is 6.42 Å². The Bertz CT molecular complexity index is 814. The van der Waals surface area contributed by atoms with Gasteiger partial charge in [-0.05, 0) is 54.4 Å². The molecule has 2 aromatic carbocycles. The molecule has 0 aliphatic heterocycles. The van der Waals surface area contributed by atoms with Gasteiger partial charge in [-0.1, -0.05) is 25.1 Å². The molecular formula is C20H19N3O. The smallest absolute Gasteiger partial charge is 0.257 e. The summed E-state index contributed by atoms with van der Waals surface area (Å²) in [4.78, 5) is 16.1. The molecular weight excluding hydrogens is 298 g/mol. The molecule has 4 heteroatoms. The van der Waals surface area contributed by atoms with E-state index in [9.17, 15) is 4.79 Å². The van der Waals surface area contributed by atoms with Crippen LogP contribution in [0.5, 0.6) is 0 Å². The van der Waals surface area contributed by atoms with Gasteiger partial charge in [-0.15, -0.1) is 0 Å². The average molecular weight is 317 g/mol. The molecule has 2 N–H and O–H groups in total. The Morgan fingerprint density at radius 2 is 1.71 bits per heavy atom. The van der Waals surface area contributed by atoms with Crippen LogP contribution in [0.25, 0.3) is 0 Å². The van der Waals surface area contributed by atoms with Crippen LogP contribution < -0.4 is 10.6 Å². The molecule has 0 unspecified atom stereocenters. The van der Waals surface area contributed by atoms with Crippen LogP contribution in [0.1, 0.15) is 22.8 Å². The highest BCUT2D eigenvalue weighted by atomic mass is 16.1. The van der Waals surface area contributed by atoms with Crippen molar-refractivity contribution in [3.63, 3.8) is 0 Å². The summed E-state index contributed by atoms with van der Waals surface area (Å²) in [6, 6.07) is 19.4. The first-order chi connectivity index (χ1) is 11.8. The van der Waals surface area contributed by atoms with Crippen molar-refractivity contribution in [1.82, 2.24) is 4.98 Å². The van der Waals surface area contributed by atoms with Crippen LogP contribution in [0.15, 0.2) is 73.1 Å². The van der Waals surface area contributed by atoms with Crippen LogP contribution in [0, 0.1) is 0 Å². The number of nitrogens with zero attached hydrogens (tertiary/aromatic N) is 1. The highest BCUT2D eigenvalue weighted by Crippen LogP contribution is 2.22. The van der Waals surface area contributed by atoms with Crippen LogP contribution in [-0.4, -0.2) is 10.9 Å². The topological polar surface area (TPSA) is 54.0 Å². The van der Waals surface area contributed by atoms with E-state index in [-0.39, 0.29) is 5.91 Å². The zero-order chi connectivity index (χ0) is 16.8. The van der Waals surface area contributed by atoms with Gasteiger partial charge < -0.3 is 10.6 Å². The molecule has 1 aromatic heterocycles. The summed E-state index contributed by atoms with van der Waals surface area (Å²) < 4.78 is 0. The molecule has 0 aliphatic carbocycles. The number of hydrogen-bond donors (Lipinski definition) is 2. The van der Waals surface area contributed by atoms with E-state index in [1.165, 1.54) is 5.56 Å². The molecule has 1 amide bonds. The van der Waals surface area contributed by atoms with Crippen molar-refractivity contribution in [1.29, 1.82) is 0 Å². The van der Waals surface area contributed by atoms with Crippen molar-refractivity contribution in [3.8, 4) is 0 Å². The number of nitrogens with one attached hydrogen (secondary N) is 2. The summed E-state index contributed by atoms with van der Waals surface area (Å²) in [6.07, 6.45) is 4.17. The zero-order valence-corrected chi connectivity index (χ0v) is 13.5. The first-order valence-corrected chi connectivity index (χ1v) is 7.92. The number of pyridine rings is 1. The molecule has 0 saturated heterocycles. The molecule has 3 rings (SSSR count). The minimum absolute atomic E-state index is 0.167. The lowest BCUT2D eigenvalue weighted by Gasteiger charge is -2.11. The Hall–Kier alpha value is -3.14. The number of aryl methyl sites for hydroxylation is 1. The summed E-state index contributed by atoms with van der Waals surface area (Å²) in [5.74, 6) is -0.167. The maximum absolute atomic E-state index is 12.1. The van der Waals surface area contributed by atoms with E-state index in [1.807, 2.05) is 36.4 Å². The molecule has 0 spiro atoms. The Balaban J connectivity index is 1.68. The average Bonchev–Trinajstić information content (AvgIpc) is 2.64. The molecule has 3 aromatic rings. The maximum atomic E-state index is 12.1. The van der Waals surface area contributed by atoms with Crippen molar-refractivity contribution in [2.45, 2.75) is 13.3 Å². The Kier molecular flexibility index (Phi) is 4.87. The SMILES string of the molecule is CCc1ccccc1Nc1ccc(NC(=O)c2cccnc2)cc1. The molecule has 120 valence electrons. The maximum Gasteiger partial charge on any atom is 0.257 e. The lowest BCUT2D eigenvalue weighted by molar-refractivity contribution is 0.102. The molecule has 4 nitrogen and oxygen atoms in total. The van der Waals surface area contributed by atoms with Gasteiger partial charge in [0, 0.05) is 29.5 Å². The van der Waals surface area contributed by atoms with Crippen molar-refractivity contribution in [2.24, 2.45) is 0 Å². The number of anilines is 3. The summed E-state index contributed by atoms with van der Waals surface area (Å²) >= 11 is 0. The molecule has 1 heterocycles. The fourth-order valence-corrected chi connectivity index (χ4v) is 2.44. The number of aromatic nitrogens is 1. The standard InChI is InChI=1S/C20H19N3O/c1-2-15-6-3-4-8-19(15)22-17-9-11-18(12-10-17)23-20(24)16-7-5-13-21-14-16/h3-14,22H,2H2,1H3,(H,23,24). The highest BCUT2D eigenvalue weighted by Gasteiger charge is 2.06. The third-order valence-corrected chi connectivity index (χ3v) is 3.74. The fraction of sp³-hybridized carbons (Fsp3) is 0.100. The number of para-hydroxylation sites is 1. The minimum atomic E-state index is -0.167. The fourth-order valence-electron chi connectivity index (χ4n) is 2.44. The molecule has 0 aliphatic rings. The van der Waals surface area contributed by atoms with Crippen molar-refractivity contribution in [3.05, 3.63) is 84.2 Å². The van der Waals surface area contributed by atoms with Crippen molar-refractivity contribution in [2.75, 3.05) is 10.6 Å². The number of carbonyl (C=O) groups is 1. The quantitative estimate of drug-likeness (QED) is 0.721. The van der Waals surface area contributed by atoms with Crippen LogP contribution in [0.3, 0.4) is 0 Å². The van der Waals surface area contributed by atoms with E-state index in [4.69, 9.17) is 0 Å². The van der Waals surface area contributed by atoms with E-state index >= 15 is 0 Å². The molecule has 0 atom stereocenters. The van der Waals surface area contributed by atoms with E-state index in [2.05, 4.69) is 34.7 Å². The van der Waals surface area contributed by atoms with E-state index in [0.29, 0.717) is 5.56 Å². The monoisotopic (exact) mass is 317 g/mol. The lowest BCUT2D eigenvalue weighted by atomic mass is 10.1. The Morgan fingerprint density at radius 1 is 0.958 bits per heavy atom. The predicted molar refractivity (Wildman–Crippen MR) is 97.7 cm³/mol. The number of rotatable bonds is 5. The normalized spacial score (nSPS) is 10.2. The van der Waals surface area contributed by atoms with Gasteiger partial charge in [0.25, 0.3) is 5.91 Å². The van der Waals surface area contributed by atoms with Gasteiger partial charge in [-0.25, -0.2) is 0 Å². The summed E-state index contributed by atoms with van der Waals surface area (Å²) in [6.45, 7) is 2.14. The summed E-state index contributed by atoms with van der Waals surface area (Å²) in [5, 5.41) is 6.28. The van der Waals surface area contributed by atoms with Gasteiger partial charge in [0.05, 0.1) is 5.56 Å². The lowest BCUT2D eigenvalue weighted by Crippen LogP contribution is -2.11. The predicted octanol–water partition coefficient (Wildman–Crippen LogP) is 4.64. The third-order valence-electron chi connectivity index (χ3n) is 3.74. The summed E-state index contributed by atoms with van der Waals surface area (Å²) in [7, 11) is 0. The third kappa shape index (κ3) is 3.79. The van der Waals surface area contributed by atoms with Gasteiger partial charge in [-0.2, -0.15) is 0 Å². The van der Waals surface area contributed by atoms with E-state index in [0.717, 1.165) is 23.5 Å². The molecule has 0 saturated carbocycles. The van der Waals surface area contributed by atoms with Crippen LogP contribution in [0.4, 0.5) is 17.1 Å².